The second-order valence-electron chi connectivity index (χ2n) is 2.89. The van der Waals surface area contributed by atoms with E-state index in [0.29, 0.717) is 11.9 Å². The van der Waals surface area contributed by atoms with Gasteiger partial charge in [0.25, 0.3) is 0 Å². The van der Waals surface area contributed by atoms with Crippen molar-refractivity contribution in [1.82, 2.24) is 0 Å². The van der Waals surface area contributed by atoms with Crippen molar-refractivity contribution in [3.63, 3.8) is 0 Å². The molecule has 0 aliphatic rings. The first kappa shape index (κ1) is 7.86. The standard InChI is InChI=1S/C10H8O3/c1-6-4-7-2-3-9(12)8(5-11)10(7)13-6/h2-5,12H,1H3. The molecule has 0 aliphatic heterocycles. The van der Waals surface area contributed by atoms with Crippen LogP contribution in [0.5, 0.6) is 5.75 Å². The summed E-state index contributed by atoms with van der Waals surface area (Å²) < 4.78 is 5.28. The Morgan fingerprint density at radius 2 is 2.23 bits per heavy atom. The molecule has 1 aromatic heterocycles. The van der Waals surface area contributed by atoms with Crippen molar-refractivity contribution in [2.75, 3.05) is 0 Å². The summed E-state index contributed by atoms with van der Waals surface area (Å²) in [6.45, 7) is 1.80. The summed E-state index contributed by atoms with van der Waals surface area (Å²) >= 11 is 0. The van der Waals surface area contributed by atoms with Crippen LogP contribution in [0.4, 0.5) is 0 Å². The summed E-state index contributed by atoms with van der Waals surface area (Å²) in [5.74, 6) is 0.681. The summed E-state index contributed by atoms with van der Waals surface area (Å²) in [5.41, 5.74) is 0.665. The Balaban J connectivity index is 2.90. The van der Waals surface area contributed by atoms with Crippen LogP contribution >= 0.6 is 0 Å². The van der Waals surface area contributed by atoms with Crippen molar-refractivity contribution >= 4 is 17.3 Å². The van der Waals surface area contributed by atoms with Crippen LogP contribution in [-0.4, -0.2) is 11.4 Å². The number of phenolic OH excluding ortho intramolecular Hbond substituents is 1. The van der Waals surface area contributed by atoms with Gasteiger partial charge < -0.3 is 9.52 Å². The lowest BCUT2D eigenvalue weighted by Gasteiger charge is -1.96. The number of aromatic hydroxyl groups is 1. The van der Waals surface area contributed by atoms with Gasteiger partial charge in [-0.1, -0.05) is 0 Å². The van der Waals surface area contributed by atoms with Crippen LogP contribution in [0, 0.1) is 6.92 Å². The molecule has 0 aliphatic carbocycles. The molecule has 0 atom stereocenters. The van der Waals surface area contributed by atoms with E-state index in [4.69, 9.17) is 4.42 Å². The second-order valence-corrected chi connectivity index (χ2v) is 2.89. The molecule has 0 saturated carbocycles. The Hall–Kier alpha value is -1.77. The molecule has 66 valence electrons. The van der Waals surface area contributed by atoms with Crippen LogP contribution in [0.15, 0.2) is 22.6 Å². The Bertz CT molecular complexity index is 468. The van der Waals surface area contributed by atoms with Gasteiger partial charge in [0.1, 0.15) is 17.1 Å². The zero-order valence-corrected chi connectivity index (χ0v) is 7.07. The SMILES string of the molecule is Cc1cc2ccc(O)c(C=O)c2o1. The summed E-state index contributed by atoms with van der Waals surface area (Å²) in [6.07, 6.45) is 0.598. The third-order valence-electron chi connectivity index (χ3n) is 1.94. The second kappa shape index (κ2) is 2.62. The monoisotopic (exact) mass is 176 g/mol. The van der Waals surface area contributed by atoms with Crippen molar-refractivity contribution in [3.8, 4) is 5.75 Å². The van der Waals surface area contributed by atoms with E-state index in [0.717, 1.165) is 11.1 Å². The van der Waals surface area contributed by atoms with Crippen LogP contribution in [0.3, 0.4) is 0 Å². The van der Waals surface area contributed by atoms with E-state index in [2.05, 4.69) is 0 Å². The van der Waals surface area contributed by atoms with E-state index in [1.165, 1.54) is 6.07 Å². The van der Waals surface area contributed by atoms with Gasteiger partial charge in [0.15, 0.2) is 6.29 Å². The van der Waals surface area contributed by atoms with Crippen LogP contribution in [0.2, 0.25) is 0 Å². The predicted octanol–water partition coefficient (Wildman–Crippen LogP) is 2.26. The first-order valence-electron chi connectivity index (χ1n) is 3.89. The van der Waals surface area contributed by atoms with Crippen molar-refractivity contribution < 1.29 is 14.3 Å². The van der Waals surface area contributed by atoms with Gasteiger partial charge in [-0.2, -0.15) is 0 Å². The smallest absolute Gasteiger partial charge is 0.157 e. The normalized spacial score (nSPS) is 10.5. The first-order valence-corrected chi connectivity index (χ1v) is 3.89. The molecule has 0 amide bonds. The molecular weight excluding hydrogens is 168 g/mol. The highest BCUT2D eigenvalue weighted by molar-refractivity contribution is 5.97. The average Bonchev–Trinajstić information content (AvgIpc) is 2.45. The van der Waals surface area contributed by atoms with Gasteiger partial charge in [0.2, 0.25) is 0 Å². The van der Waals surface area contributed by atoms with Crippen LogP contribution in [-0.2, 0) is 0 Å². The summed E-state index contributed by atoms with van der Waals surface area (Å²) in [7, 11) is 0. The number of rotatable bonds is 1. The lowest BCUT2D eigenvalue weighted by molar-refractivity contribution is 0.112. The highest BCUT2D eigenvalue weighted by atomic mass is 16.3. The Morgan fingerprint density at radius 3 is 2.92 bits per heavy atom. The van der Waals surface area contributed by atoms with Gasteiger partial charge in [0, 0.05) is 5.39 Å². The molecule has 1 aromatic carbocycles. The number of carbonyl (C=O) groups excluding carboxylic acids is 1. The third kappa shape index (κ3) is 1.09. The Kier molecular flexibility index (Phi) is 1.59. The predicted molar refractivity (Wildman–Crippen MR) is 48.0 cm³/mol. The molecule has 0 saturated heterocycles. The number of benzene rings is 1. The quantitative estimate of drug-likeness (QED) is 0.678. The molecule has 0 spiro atoms. The zero-order chi connectivity index (χ0) is 9.42. The summed E-state index contributed by atoms with van der Waals surface area (Å²) in [5, 5.41) is 10.2. The van der Waals surface area contributed by atoms with Gasteiger partial charge in [0.05, 0.1) is 5.56 Å². The van der Waals surface area contributed by atoms with Gasteiger partial charge in [-0.3, -0.25) is 4.79 Å². The number of fused-ring (bicyclic) bond motifs is 1. The van der Waals surface area contributed by atoms with Gasteiger partial charge in [-0.25, -0.2) is 0 Å². The fourth-order valence-electron chi connectivity index (χ4n) is 1.36. The van der Waals surface area contributed by atoms with Gasteiger partial charge in [-0.15, -0.1) is 0 Å². The van der Waals surface area contributed by atoms with Gasteiger partial charge in [-0.05, 0) is 25.1 Å². The lowest BCUT2D eigenvalue weighted by Crippen LogP contribution is -1.81. The third-order valence-corrected chi connectivity index (χ3v) is 1.94. The van der Waals surface area contributed by atoms with Crippen LogP contribution in [0.25, 0.3) is 11.0 Å². The van der Waals surface area contributed by atoms with E-state index in [1.54, 1.807) is 13.0 Å². The molecule has 1 heterocycles. The molecule has 0 fully saturated rings. The van der Waals surface area contributed by atoms with E-state index in [9.17, 15) is 9.90 Å². The molecule has 13 heavy (non-hydrogen) atoms. The molecule has 2 rings (SSSR count). The summed E-state index contributed by atoms with van der Waals surface area (Å²) in [6, 6.07) is 5.02. The van der Waals surface area contributed by atoms with E-state index in [1.807, 2.05) is 6.07 Å². The topological polar surface area (TPSA) is 50.4 Å². The highest BCUT2D eigenvalue weighted by Gasteiger charge is 2.09. The highest BCUT2D eigenvalue weighted by Crippen LogP contribution is 2.27. The molecule has 0 radical (unpaired) electrons. The summed E-state index contributed by atoms with van der Waals surface area (Å²) in [4.78, 5) is 10.6. The minimum absolute atomic E-state index is 0.0446. The molecule has 0 unspecified atom stereocenters. The van der Waals surface area contributed by atoms with Crippen molar-refractivity contribution in [3.05, 3.63) is 29.5 Å². The van der Waals surface area contributed by atoms with Gasteiger partial charge >= 0.3 is 0 Å². The number of aryl methyl sites for hydroxylation is 1. The Labute approximate surface area is 74.6 Å². The average molecular weight is 176 g/mol. The van der Waals surface area contributed by atoms with Crippen LogP contribution in [0.1, 0.15) is 16.1 Å². The van der Waals surface area contributed by atoms with Crippen molar-refractivity contribution in [1.29, 1.82) is 0 Å². The number of hydrogen-bond donors (Lipinski definition) is 1. The maximum Gasteiger partial charge on any atom is 0.157 e. The number of carbonyl (C=O) groups is 1. The van der Waals surface area contributed by atoms with E-state index >= 15 is 0 Å². The molecule has 1 N–H and O–H groups in total. The number of hydrogen-bond acceptors (Lipinski definition) is 3. The van der Waals surface area contributed by atoms with Crippen LogP contribution < -0.4 is 0 Å². The largest absolute Gasteiger partial charge is 0.507 e. The minimum atomic E-state index is -0.0446. The van der Waals surface area contributed by atoms with Crippen molar-refractivity contribution in [2.24, 2.45) is 0 Å². The fourth-order valence-corrected chi connectivity index (χ4v) is 1.36. The van der Waals surface area contributed by atoms with E-state index in [-0.39, 0.29) is 11.3 Å². The van der Waals surface area contributed by atoms with E-state index < -0.39 is 0 Å². The van der Waals surface area contributed by atoms with Crippen molar-refractivity contribution in [2.45, 2.75) is 6.92 Å². The number of phenols is 1. The lowest BCUT2D eigenvalue weighted by atomic mass is 10.1. The molecule has 3 heteroatoms. The Morgan fingerprint density at radius 1 is 1.46 bits per heavy atom. The zero-order valence-electron chi connectivity index (χ0n) is 7.07. The minimum Gasteiger partial charge on any atom is -0.507 e. The number of aldehydes is 1. The fraction of sp³-hybridized carbons (Fsp3) is 0.100. The molecule has 0 bridgehead atoms. The number of furan rings is 1. The molecule has 2 aromatic rings. The molecule has 3 nitrogen and oxygen atoms in total. The maximum atomic E-state index is 10.6. The molecular formula is C10H8O3. The maximum absolute atomic E-state index is 10.6. The first-order chi connectivity index (χ1) is 6.22.